The van der Waals surface area contributed by atoms with Gasteiger partial charge in [-0.15, -0.1) is 0 Å². The minimum Gasteiger partial charge on any atom is -0.490 e. The maximum atomic E-state index is 10.9. The van der Waals surface area contributed by atoms with Crippen LogP contribution in [-0.4, -0.2) is 19.0 Å². The lowest BCUT2D eigenvalue weighted by Gasteiger charge is -2.28. The van der Waals surface area contributed by atoms with Crippen molar-refractivity contribution >= 4 is 22.2 Å². The van der Waals surface area contributed by atoms with Gasteiger partial charge in [0.25, 0.3) is 0 Å². The van der Waals surface area contributed by atoms with Crippen molar-refractivity contribution in [3.63, 3.8) is 0 Å². The number of ether oxygens (including phenoxy) is 2. The number of halogens is 1. The number of carbonyl (C=O) groups excluding carboxylic acids is 1. The Morgan fingerprint density at radius 1 is 1.30 bits per heavy atom. The molecule has 1 saturated carbocycles. The highest BCUT2D eigenvalue weighted by atomic mass is 79.9. The van der Waals surface area contributed by atoms with Gasteiger partial charge in [0.05, 0.1) is 17.2 Å². The molecular weight excluding hydrogens is 320 g/mol. The maximum Gasteiger partial charge on any atom is 0.175 e. The van der Waals surface area contributed by atoms with E-state index in [1.165, 1.54) is 12.8 Å². The van der Waals surface area contributed by atoms with E-state index in [-0.39, 0.29) is 6.10 Å². The van der Waals surface area contributed by atoms with Gasteiger partial charge in [0.1, 0.15) is 6.29 Å². The highest BCUT2D eigenvalue weighted by molar-refractivity contribution is 9.10. The normalized spacial score (nSPS) is 22.4. The van der Waals surface area contributed by atoms with Crippen LogP contribution in [0.3, 0.4) is 0 Å². The van der Waals surface area contributed by atoms with E-state index in [0.29, 0.717) is 17.9 Å². The summed E-state index contributed by atoms with van der Waals surface area (Å²) in [6.07, 6.45) is 5.63. The summed E-state index contributed by atoms with van der Waals surface area (Å²) < 4.78 is 12.5. The Kier molecular flexibility index (Phi) is 5.46. The molecule has 0 aliphatic heterocycles. The van der Waals surface area contributed by atoms with E-state index in [9.17, 15) is 4.79 Å². The number of aldehydes is 1. The third-order valence-electron chi connectivity index (χ3n) is 3.72. The average Bonchev–Trinajstić information content (AvgIpc) is 2.44. The molecule has 1 fully saturated rings. The number of hydrogen-bond donors (Lipinski definition) is 0. The molecule has 4 heteroatoms. The van der Waals surface area contributed by atoms with E-state index in [4.69, 9.17) is 9.47 Å². The summed E-state index contributed by atoms with van der Waals surface area (Å²) in [5.74, 6) is 2.15. The molecule has 0 amide bonds. The van der Waals surface area contributed by atoms with Gasteiger partial charge in [-0.05, 0) is 66.6 Å². The predicted octanol–water partition coefficient (Wildman–Crippen LogP) is 4.62. The highest BCUT2D eigenvalue weighted by Gasteiger charge is 2.22. The van der Waals surface area contributed by atoms with Crippen LogP contribution in [0.25, 0.3) is 0 Å². The van der Waals surface area contributed by atoms with Crippen LogP contribution >= 0.6 is 15.9 Å². The fraction of sp³-hybridized carbons (Fsp3) is 0.562. The molecule has 0 bridgehead atoms. The van der Waals surface area contributed by atoms with Gasteiger partial charge >= 0.3 is 0 Å². The quantitative estimate of drug-likeness (QED) is 0.733. The monoisotopic (exact) mass is 340 g/mol. The van der Waals surface area contributed by atoms with E-state index >= 15 is 0 Å². The van der Waals surface area contributed by atoms with Crippen molar-refractivity contribution in [2.45, 2.75) is 45.6 Å². The second kappa shape index (κ2) is 7.11. The van der Waals surface area contributed by atoms with Crippen molar-refractivity contribution in [2.75, 3.05) is 6.61 Å². The van der Waals surface area contributed by atoms with Gasteiger partial charge in [-0.3, -0.25) is 4.79 Å². The minimum atomic E-state index is 0.240. The molecular formula is C16H21BrO3. The third kappa shape index (κ3) is 3.75. The van der Waals surface area contributed by atoms with Gasteiger partial charge in [0.2, 0.25) is 0 Å². The summed E-state index contributed by atoms with van der Waals surface area (Å²) in [6.45, 7) is 4.76. The van der Waals surface area contributed by atoms with Crippen LogP contribution in [0.4, 0.5) is 0 Å². The molecule has 0 N–H and O–H groups in total. The van der Waals surface area contributed by atoms with Crippen LogP contribution in [0.5, 0.6) is 11.5 Å². The van der Waals surface area contributed by atoms with Crippen LogP contribution < -0.4 is 9.47 Å². The first-order valence-corrected chi connectivity index (χ1v) is 8.01. The molecule has 0 radical (unpaired) electrons. The van der Waals surface area contributed by atoms with Crippen molar-refractivity contribution < 1.29 is 14.3 Å². The summed E-state index contributed by atoms with van der Waals surface area (Å²) in [6, 6.07) is 3.51. The van der Waals surface area contributed by atoms with Gasteiger partial charge in [-0.1, -0.05) is 6.92 Å². The molecule has 2 rings (SSSR count). The largest absolute Gasteiger partial charge is 0.490 e. The molecule has 1 aliphatic carbocycles. The van der Waals surface area contributed by atoms with E-state index in [1.54, 1.807) is 12.1 Å². The molecule has 0 heterocycles. The van der Waals surface area contributed by atoms with E-state index < -0.39 is 0 Å². The molecule has 0 saturated heterocycles. The second-order valence-corrected chi connectivity index (χ2v) is 6.23. The van der Waals surface area contributed by atoms with E-state index in [1.807, 2.05) is 6.92 Å². The fourth-order valence-corrected chi connectivity index (χ4v) is 3.10. The predicted molar refractivity (Wildman–Crippen MR) is 82.7 cm³/mol. The van der Waals surface area contributed by atoms with Crippen LogP contribution in [-0.2, 0) is 0 Å². The van der Waals surface area contributed by atoms with Gasteiger partial charge in [-0.25, -0.2) is 0 Å². The summed E-state index contributed by atoms with van der Waals surface area (Å²) in [5.41, 5.74) is 0.588. The summed E-state index contributed by atoms with van der Waals surface area (Å²) >= 11 is 3.48. The van der Waals surface area contributed by atoms with Crippen molar-refractivity contribution in [1.82, 2.24) is 0 Å². The molecule has 0 atom stereocenters. The van der Waals surface area contributed by atoms with Crippen LogP contribution in [0, 0.1) is 5.92 Å². The average molecular weight is 341 g/mol. The van der Waals surface area contributed by atoms with Crippen molar-refractivity contribution in [3.05, 3.63) is 22.2 Å². The van der Waals surface area contributed by atoms with Gasteiger partial charge in [0, 0.05) is 5.56 Å². The number of hydrogen-bond acceptors (Lipinski definition) is 3. The molecule has 0 aromatic heterocycles. The highest BCUT2D eigenvalue weighted by Crippen LogP contribution is 2.39. The number of rotatable bonds is 5. The van der Waals surface area contributed by atoms with E-state index in [0.717, 1.165) is 35.3 Å². The maximum absolute atomic E-state index is 10.9. The zero-order valence-electron chi connectivity index (χ0n) is 12.0. The Hall–Kier alpha value is -1.03. The zero-order valence-corrected chi connectivity index (χ0v) is 13.6. The lowest BCUT2D eigenvalue weighted by Crippen LogP contribution is -2.23. The molecule has 110 valence electrons. The van der Waals surface area contributed by atoms with Gasteiger partial charge in [0.15, 0.2) is 11.5 Å². The molecule has 0 spiro atoms. The Morgan fingerprint density at radius 2 is 2.00 bits per heavy atom. The van der Waals surface area contributed by atoms with Gasteiger partial charge < -0.3 is 9.47 Å². The standard InChI is InChI=1S/C16H21BrO3/c1-3-19-15-9-12(10-18)8-14(17)16(15)20-13-6-4-11(2)5-7-13/h8-11,13H,3-7H2,1-2H3. The summed E-state index contributed by atoms with van der Waals surface area (Å²) in [4.78, 5) is 10.9. The molecule has 3 nitrogen and oxygen atoms in total. The molecule has 0 unspecified atom stereocenters. The van der Waals surface area contributed by atoms with Crippen LogP contribution in [0.2, 0.25) is 0 Å². The van der Waals surface area contributed by atoms with Crippen molar-refractivity contribution in [1.29, 1.82) is 0 Å². The first kappa shape index (κ1) is 15.4. The Bertz CT molecular complexity index is 465. The fourth-order valence-electron chi connectivity index (χ4n) is 2.55. The lowest BCUT2D eigenvalue weighted by atomic mass is 9.89. The lowest BCUT2D eigenvalue weighted by molar-refractivity contribution is 0.112. The summed E-state index contributed by atoms with van der Waals surface area (Å²) in [5, 5.41) is 0. The molecule has 1 aliphatic rings. The molecule has 1 aromatic carbocycles. The Labute approximate surface area is 128 Å². The van der Waals surface area contributed by atoms with Crippen LogP contribution in [0.15, 0.2) is 16.6 Å². The third-order valence-corrected chi connectivity index (χ3v) is 4.30. The number of carbonyl (C=O) groups is 1. The number of benzene rings is 1. The zero-order chi connectivity index (χ0) is 14.5. The first-order valence-electron chi connectivity index (χ1n) is 7.22. The van der Waals surface area contributed by atoms with Crippen molar-refractivity contribution in [3.8, 4) is 11.5 Å². The first-order chi connectivity index (χ1) is 9.63. The second-order valence-electron chi connectivity index (χ2n) is 5.38. The SMILES string of the molecule is CCOc1cc(C=O)cc(Br)c1OC1CCC(C)CC1. The Morgan fingerprint density at radius 3 is 2.60 bits per heavy atom. The topological polar surface area (TPSA) is 35.5 Å². The minimum absolute atomic E-state index is 0.240. The van der Waals surface area contributed by atoms with Crippen molar-refractivity contribution in [2.24, 2.45) is 5.92 Å². The smallest absolute Gasteiger partial charge is 0.175 e. The summed E-state index contributed by atoms with van der Waals surface area (Å²) in [7, 11) is 0. The molecule has 20 heavy (non-hydrogen) atoms. The van der Waals surface area contributed by atoms with Crippen LogP contribution in [0.1, 0.15) is 49.9 Å². The van der Waals surface area contributed by atoms with Gasteiger partial charge in [-0.2, -0.15) is 0 Å². The molecule has 1 aromatic rings. The van der Waals surface area contributed by atoms with E-state index in [2.05, 4.69) is 22.9 Å². The Balaban J connectivity index is 2.18.